The Bertz CT molecular complexity index is 219. The molecule has 0 N–H and O–H groups in total. The van der Waals surface area contributed by atoms with Crippen LogP contribution in [0.25, 0.3) is 0 Å². The second kappa shape index (κ2) is 3.03. The van der Waals surface area contributed by atoms with E-state index in [-0.39, 0.29) is 0 Å². The Kier molecular flexibility index (Phi) is 3.14. The number of hydrogen-bond donors (Lipinski definition) is 0. The fraction of sp³-hybridized carbons (Fsp3) is 1.00. The van der Waals surface area contributed by atoms with Crippen LogP contribution in [0.1, 0.15) is 55.4 Å². The molecular formula is C16H40Zn. The third-order valence-electron chi connectivity index (χ3n) is 19.8. The first-order valence-corrected chi connectivity index (χ1v) is 26.4. The van der Waals surface area contributed by atoms with Gasteiger partial charge in [0.2, 0.25) is 0 Å². The first-order valence-electron chi connectivity index (χ1n) is 9.66. The van der Waals surface area contributed by atoms with E-state index in [1.807, 2.05) is 0 Å². The van der Waals surface area contributed by atoms with Gasteiger partial charge in [-0.05, 0) is 0 Å². The average Bonchev–Trinajstić information content (AvgIpc) is 2.48. The molecule has 0 rings (SSSR count). The minimum absolute atomic E-state index is 1.48. The van der Waals surface area contributed by atoms with E-state index in [1.54, 1.807) is 0 Å². The summed E-state index contributed by atoms with van der Waals surface area (Å²) < 4.78 is 0. The van der Waals surface area contributed by atoms with Crippen LogP contribution in [0.2, 0.25) is 40.1 Å². The zero-order valence-corrected chi connectivity index (χ0v) is 17.3. The fourth-order valence-corrected chi connectivity index (χ4v) is 51.4. The topological polar surface area (TPSA) is 0 Å². The van der Waals surface area contributed by atoms with Crippen LogP contribution in [0.15, 0.2) is 0 Å². The molecule has 0 saturated heterocycles. The SMILES string of the molecule is C[CH2][Zn]([CH2]C)([CH2]C)([CH2]C)([CH2]C)([CH2]C)([CH2]C)[CH2]C. The molecule has 0 fully saturated rings. The Balaban J connectivity index is 7.21. The molecule has 0 nitrogen and oxygen atoms in total. The van der Waals surface area contributed by atoms with Gasteiger partial charge in [0.1, 0.15) is 0 Å². The summed E-state index contributed by atoms with van der Waals surface area (Å²) in [5.41, 5.74) is 0. The van der Waals surface area contributed by atoms with Gasteiger partial charge in [0.15, 0.2) is 0 Å². The molecule has 0 aromatic heterocycles. The van der Waals surface area contributed by atoms with Crippen LogP contribution < -0.4 is 0 Å². The number of hydrogen-bond acceptors (Lipinski definition) is 0. The third kappa shape index (κ3) is 1.11. The van der Waals surface area contributed by atoms with Crippen molar-refractivity contribution in [1.29, 1.82) is 0 Å². The molecule has 17 heavy (non-hydrogen) atoms. The molecule has 1 heteroatoms. The van der Waals surface area contributed by atoms with Crippen molar-refractivity contribution in [3.63, 3.8) is 0 Å². The zero-order valence-electron chi connectivity index (χ0n) is 14.4. The summed E-state index contributed by atoms with van der Waals surface area (Å²) in [6.45, 7) is 20.4. The zero-order chi connectivity index (χ0) is 14.0. The van der Waals surface area contributed by atoms with E-state index in [4.69, 9.17) is 0 Å². The van der Waals surface area contributed by atoms with E-state index in [0.29, 0.717) is 0 Å². The van der Waals surface area contributed by atoms with E-state index < -0.39 is 10.1 Å². The standard InChI is InChI=1S/8C2H5.Zn/c8*1-2;/h8*1H2,2H3;. The molecule has 0 aromatic carbocycles. The molecule has 106 valence electrons. The van der Waals surface area contributed by atoms with Gasteiger partial charge in [0, 0.05) is 0 Å². The second-order valence-electron chi connectivity index (χ2n) is 13.9. The summed E-state index contributed by atoms with van der Waals surface area (Å²) in [6, 6.07) is 0. The van der Waals surface area contributed by atoms with Crippen molar-refractivity contribution in [3.05, 3.63) is 0 Å². The van der Waals surface area contributed by atoms with Gasteiger partial charge in [-0.25, -0.2) is 0 Å². The van der Waals surface area contributed by atoms with Crippen molar-refractivity contribution < 1.29 is 10.1 Å². The van der Waals surface area contributed by atoms with Crippen molar-refractivity contribution >= 4 is 0 Å². The first-order chi connectivity index (χ1) is 7.66. The molecule has 0 aliphatic heterocycles. The normalized spacial score (nSPS) is 22.1. The first kappa shape index (κ1) is 17.6. The Labute approximate surface area is 105 Å². The molecular weight excluding hydrogens is 258 g/mol. The molecule has 0 atom stereocenters. The molecule has 0 radical (unpaired) electrons. The molecule has 0 heterocycles. The van der Waals surface area contributed by atoms with Gasteiger partial charge < -0.3 is 0 Å². The Morgan fingerprint density at radius 2 is 0.471 bits per heavy atom. The molecule has 0 aliphatic rings. The van der Waals surface area contributed by atoms with E-state index in [1.165, 1.54) is 40.1 Å². The molecule has 0 spiro atoms. The van der Waals surface area contributed by atoms with E-state index in [2.05, 4.69) is 55.4 Å². The summed E-state index contributed by atoms with van der Waals surface area (Å²) >= 11 is 0. The van der Waals surface area contributed by atoms with Gasteiger partial charge in [-0.15, -0.1) is 0 Å². The maximum atomic E-state index is 2.55. The van der Waals surface area contributed by atoms with Crippen LogP contribution in [-0.4, -0.2) is 0 Å². The van der Waals surface area contributed by atoms with E-state index in [0.717, 1.165) is 0 Å². The van der Waals surface area contributed by atoms with Crippen LogP contribution in [-0.2, 0) is 10.1 Å². The van der Waals surface area contributed by atoms with Crippen molar-refractivity contribution in [2.75, 3.05) is 0 Å². The summed E-state index contributed by atoms with van der Waals surface area (Å²) in [5.74, 6) is 0. The van der Waals surface area contributed by atoms with E-state index >= 15 is 0 Å². The molecule has 0 amide bonds. The molecule has 0 bridgehead atoms. The van der Waals surface area contributed by atoms with Gasteiger partial charge in [-0.2, -0.15) is 0 Å². The Hall–Kier alpha value is 0.623. The van der Waals surface area contributed by atoms with Crippen LogP contribution >= 0.6 is 0 Å². The Morgan fingerprint density at radius 1 is 0.353 bits per heavy atom. The quantitative estimate of drug-likeness (QED) is 0.401. The van der Waals surface area contributed by atoms with Gasteiger partial charge in [0.25, 0.3) is 0 Å². The summed E-state index contributed by atoms with van der Waals surface area (Å²) in [7, 11) is -4.05. The van der Waals surface area contributed by atoms with Crippen LogP contribution in [0, 0.1) is 0 Å². The van der Waals surface area contributed by atoms with Crippen molar-refractivity contribution in [3.8, 4) is 0 Å². The molecule has 0 aromatic rings. The van der Waals surface area contributed by atoms with Gasteiger partial charge in [0.05, 0.1) is 0 Å². The van der Waals surface area contributed by atoms with Gasteiger partial charge >= 0.3 is 106 Å². The van der Waals surface area contributed by atoms with Gasteiger partial charge in [-0.1, -0.05) is 0 Å². The van der Waals surface area contributed by atoms with Crippen LogP contribution in [0.3, 0.4) is 0 Å². The second-order valence-corrected chi connectivity index (χ2v) is 72.2. The molecule has 0 aliphatic carbocycles. The van der Waals surface area contributed by atoms with Crippen molar-refractivity contribution in [2.45, 2.75) is 95.5 Å². The average molecular weight is 298 g/mol. The Morgan fingerprint density at radius 3 is 0.471 bits per heavy atom. The fourth-order valence-electron chi connectivity index (χ4n) is 9.90. The predicted octanol–water partition coefficient (Wildman–Crippen LogP) is 7.79. The number of rotatable bonds is 8. The maximum absolute atomic E-state index is 4.05. The van der Waals surface area contributed by atoms with Gasteiger partial charge in [-0.3, -0.25) is 0 Å². The predicted molar refractivity (Wildman–Crippen MR) is 83.8 cm³/mol. The molecule has 0 unspecified atom stereocenters. The minimum atomic E-state index is -4.05. The monoisotopic (exact) mass is 296 g/mol. The van der Waals surface area contributed by atoms with Crippen LogP contribution in [0.5, 0.6) is 0 Å². The summed E-state index contributed by atoms with van der Waals surface area (Å²) in [6.07, 6.45) is 0. The third-order valence-corrected chi connectivity index (χ3v) is 103. The van der Waals surface area contributed by atoms with Crippen molar-refractivity contribution in [1.82, 2.24) is 0 Å². The van der Waals surface area contributed by atoms with Crippen molar-refractivity contribution in [2.24, 2.45) is 0 Å². The van der Waals surface area contributed by atoms with Crippen LogP contribution in [0.4, 0.5) is 0 Å². The molecule has 0 saturated carbocycles. The summed E-state index contributed by atoms with van der Waals surface area (Å²) in [4.78, 5) is 0. The van der Waals surface area contributed by atoms with E-state index in [9.17, 15) is 0 Å². The summed E-state index contributed by atoms with van der Waals surface area (Å²) in [5, 5.41) is 11.9.